The second-order valence-corrected chi connectivity index (χ2v) is 13.5. The van der Waals surface area contributed by atoms with E-state index in [1.807, 2.05) is 46.9 Å². The highest BCUT2D eigenvalue weighted by atomic mass is 32.2. The number of likely N-dealkylation sites (N-methyl/N-ethyl adjacent to an activating group) is 1. The summed E-state index contributed by atoms with van der Waals surface area (Å²) in [7, 11) is 2.82. The Morgan fingerprint density at radius 1 is 1.02 bits per heavy atom. The molecule has 0 saturated heterocycles. The zero-order valence-corrected chi connectivity index (χ0v) is 26.7. The molecule has 1 aromatic carbocycles. The van der Waals surface area contributed by atoms with Gasteiger partial charge < -0.3 is 4.57 Å². The Bertz CT molecular complexity index is 1540. The van der Waals surface area contributed by atoms with Crippen LogP contribution in [0.3, 0.4) is 0 Å². The largest absolute Gasteiger partial charge is 0.335 e. The van der Waals surface area contributed by atoms with Gasteiger partial charge in [-0.2, -0.15) is 5.10 Å². The monoisotopic (exact) mass is 591 g/mol. The maximum absolute atomic E-state index is 15.6. The van der Waals surface area contributed by atoms with Crippen LogP contribution in [-0.4, -0.2) is 47.8 Å². The molecule has 42 heavy (non-hydrogen) atoms. The van der Waals surface area contributed by atoms with Crippen LogP contribution in [0.1, 0.15) is 82.0 Å². The zero-order chi connectivity index (χ0) is 29.8. The summed E-state index contributed by atoms with van der Waals surface area (Å²) in [5, 5.41) is 6.31. The van der Waals surface area contributed by atoms with Gasteiger partial charge in [-0.3, -0.25) is 13.8 Å². The van der Waals surface area contributed by atoms with Crippen LogP contribution >= 0.6 is 0 Å². The van der Waals surface area contributed by atoms with Gasteiger partial charge in [-0.1, -0.05) is 58.9 Å². The Morgan fingerprint density at radius 2 is 1.86 bits per heavy atom. The maximum Gasteiger partial charge on any atom is 0.149 e. The summed E-state index contributed by atoms with van der Waals surface area (Å²) in [6.07, 6.45) is 11.7. The number of hydrogen-bond donors (Lipinski definition) is 0. The van der Waals surface area contributed by atoms with E-state index < -0.39 is 10.8 Å². The van der Waals surface area contributed by atoms with Gasteiger partial charge in [0, 0.05) is 54.8 Å². The van der Waals surface area contributed by atoms with Gasteiger partial charge in [0.15, 0.2) is 0 Å². The van der Waals surface area contributed by atoms with E-state index in [1.165, 1.54) is 31.2 Å². The highest BCUT2D eigenvalue weighted by molar-refractivity contribution is 7.85. The number of rotatable bonds is 13. The molecular formula is C34H46FN5OS. The maximum atomic E-state index is 15.6. The van der Waals surface area contributed by atoms with E-state index >= 15 is 4.39 Å². The van der Waals surface area contributed by atoms with Crippen molar-refractivity contribution in [1.29, 1.82) is 0 Å². The van der Waals surface area contributed by atoms with Crippen LogP contribution in [0.15, 0.2) is 47.8 Å². The third-order valence-corrected chi connectivity index (χ3v) is 10.4. The molecule has 4 aromatic rings. The van der Waals surface area contributed by atoms with Gasteiger partial charge >= 0.3 is 0 Å². The Kier molecular flexibility index (Phi) is 9.94. The number of halogens is 1. The number of aryl methyl sites for hydroxylation is 1. The van der Waals surface area contributed by atoms with Gasteiger partial charge in [0.2, 0.25) is 0 Å². The summed E-state index contributed by atoms with van der Waals surface area (Å²) in [6.45, 7) is 9.22. The number of hydrogen-bond acceptors (Lipinski definition) is 4. The molecule has 0 N–H and O–H groups in total. The Morgan fingerprint density at radius 3 is 2.62 bits per heavy atom. The Hall–Kier alpha value is -2.84. The molecule has 3 atom stereocenters. The van der Waals surface area contributed by atoms with Crippen molar-refractivity contribution < 1.29 is 8.60 Å². The standard InChI is InChI=1S/C34H46FN5OS/c1-6-9-10-11-24(7-2)18-25-12-13-31(35)29(19-25)30-22-39(5)34-33(30)28(14-15-36-34)26(8-3)23-42(41)32-20-27-21-38(4)16-17-40(27)37-32/h12-15,19-20,22,24,26H,6-11,16-18,21,23H2,1-5H3. The van der Waals surface area contributed by atoms with E-state index in [1.54, 1.807) is 6.07 Å². The fourth-order valence-electron chi connectivity index (χ4n) is 6.42. The lowest BCUT2D eigenvalue weighted by molar-refractivity contribution is 0.258. The summed E-state index contributed by atoms with van der Waals surface area (Å²) in [5.41, 5.74) is 5.67. The molecule has 0 aliphatic carbocycles. The van der Waals surface area contributed by atoms with Crippen LogP contribution in [0.2, 0.25) is 0 Å². The molecule has 1 aliphatic heterocycles. The van der Waals surface area contributed by atoms with E-state index in [9.17, 15) is 4.21 Å². The fourth-order valence-corrected chi connectivity index (χ4v) is 7.83. The molecule has 0 amide bonds. The Labute approximate surface area is 252 Å². The number of unbranched alkanes of at least 4 members (excludes halogenated alkanes) is 2. The topological polar surface area (TPSA) is 56.0 Å². The number of benzene rings is 1. The van der Waals surface area contributed by atoms with Crippen LogP contribution in [0, 0.1) is 11.7 Å². The molecule has 0 saturated carbocycles. The molecule has 5 rings (SSSR count). The van der Waals surface area contributed by atoms with Crippen molar-refractivity contribution in [2.45, 2.75) is 89.8 Å². The third kappa shape index (κ3) is 6.55. The molecular weight excluding hydrogens is 545 g/mol. The lowest BCUT2D eigenvalue weighted by Gasteiger charge is -2.22. The molecule has 6 nitrogen and oxygen atoms in total. The van der Waals surface area contributed by atoms with Crippen LogP contribution in [-0.2, 0) is 37.4 Å². The summed E-state index contributed by atoms with van der Waals surface area (Å²) >= 11 is 0. The highest BCUT2D eigenvalue weighted by Crippen LogP contribution is 2.38. The Balaban J connectivity index is 1.47. The molecule has 0 spiro atoms. The fraction of sp³-hybridized carbons (Fsp3) is 0.529. The van der Waals surface area contributed by atoms with Crippen molar-refractivity contribution in [1.82, 2.24) is 24.2 Å². The van der Waals surface area contributed by atoms with E-state index in [4.69, 9.17) is 10.1 Å². The first-order valence-corrected chi connectivity index (χ1v) is 17.0. The second-order valence-electron chi connectivity index (χ2n) is 12.1. The predicted molar refractivity (Wildman–Crippen MR) is 171 cm³/mol. The first kappa shape index (κ1) is 30.6. The molecule has 0 bridgehead atoms. The van der Waals surface area contributed by atoms with Crippen LogP contribution in [0.5, 0.6) is 0 Å². The lowest BCUT2D eigenvalue weighted by atomic mass is 9.89. The smallest absolute Gasteiger partial charge is 0.149 e. The van der Waals surface area contributed by atoms with Crippen molar-refractivity contribution in [3.63, 3.8) is 0 Å². The van der Waals surface area contributed by atoms with E-state index in [0.29, 0.717) is 22.3 Å². The van der Waals surface area contributed by atoms with Crippen molar-refractivity contribution in [2.75, 3.05) is 19.3 Å². The normalized spacial score (nSPS) is 16.0. The van der Waals surface area contributed by atoms with E-state index in [-0.39, 0.29) is 11.7 Å². The zero-order valence-electron chi connectivity index (χ0n) is 25.9. The number of nitrogens with zero attached hydrogens (tertiary/aromatic N) is 5. The molecule has 8 heteroatoms. The average molecular weight is 592 g/mol. The summed E-state index contributed by atoms with van der Waals surface area (Å²) in [5.74, 6) is 0.876. The molecule has 3 unspecified atom stereocenters. The number of fused-ring (bicyclic) bond motifs is 2. The third-order valence-electron chi connectivity index (χ3n) is 9.01. The van der Waals surface area contributed by atoms with Gasteiger partial charge in [0.25, 0.3) is 0 Å². The molecule has 4 heterocycles. The van der Waals surface area contributed by atoms with Gasteiger partial charge in [-0.05, 0) is 67.1 Å². The molecule has 0 fully saturated rings. The summed E-state index contributed by atoms with van der Waals surface area (Å²) in [4.78, 5) is 6.95. The van der Waals surface area contributed by atoms with Crippen molar-refractivity contribution in [3.8, 4) is 11.1 Å². The molecule has 0 radical (unpaired) electrons. The van der Waals surface area contributed by atoms with Crippen LogP contribution < -0.4 is 0 Å². The quantitative estimate of drug-likeness (QED) is 0.151. The SMILES string of the molecule is CCCCCC(CC)Cc1ccc(F)c(-c2cn(C)c3nccc(C(CC)CS(=O)c4cc5n(n4)CCN(C)C5)c23)c1. The molecule has 226 valence electrons. The van der Waals surface area contributed by atoms with Gasteiger partial charge in [-0.25, -0.2) is 9.37 Å². The van der Waals surface area contributed by atoms with Crippen LogP contribution in [0.25, 0.3) is 22.2 Å². The first-order valence-electron chi connectivity index (χ1n) is 15.7. The predicted octanol–water partition coefficient (Wildman–Crippen LogP) is 7.47. The molecule has 1 aliphatic rings. The minimum atomic E-state index is -1.25. The lowest BCUT2D eigenvalue weighted by Crippen LogP contribution is -2.30. The highest BCUT2D eigenvalue weighted by Gasteiger charge is 2.25. The first-order chi connectivity index (χ1) is 20.3. The summed E-state index contributed by atoms with van der Waals surface area (Å²) < 4.78 is 33.2. The van der Waals surface area contributed by atoms with E-state index in [2.05, 4.69) is 38.8 Å². The minimum absolute atomic E-state index is 0.0215. The van der Waals surface area contributed by atoms with Gasteiger partial charge in [0.05, 0.1) is 23.0 Å². The average Bonchev–Trinajstić information content (AvgIpc) is 3.57. The van der Waals surface area contributed by atoms with Crippen molar-refractivity contribution in [3.05, 3.63) is 65.4 Å². The van der Waals surface area contributed by atoms with Crippen molar-refractivity contribution >= 4 is 21.8 Å². The van der Waals surface area contributed by atoms with Crippen molar-refractivity contribution in [2.24, 2.45) is 13.0 Å². The van der Waals surface area contributed by atoms with Gasteiger partial charge in [-0.15, -0.1) is 0 Å². The number of pyridine rings is 1. The molecule has 3 aromatic heterocycles. The van der Waals surface area contributed by atoms with Crippen LogP contribution in [0.4, 0.5) is 4.39 Å². The minimum Gasteiger partial charge on any atom is -0.335 e. The van der Waals surface area contributed by atoms with E-state index in [0.717, 1.165) is 66.8 Å². The van der Waals surface area contributed by atoms with Gasteiger partial charge in [0.1, 0.15) is 16.5 Å². The second kappa shape index (κ2) is 13.6. The summed E-state index contributed by atoms with van der Waals surface area (Å²) in [6, 6.07) is 9.66. The number of aromatic nitrogens is 4.